The van der Waals surface area contributed by atoms with Crippen LogP contribution >= 0.6 is 15.6 Å². The lowest BCUT2D eigenvalue weighted by molar-refractivity contribution is -0.127. The highest BCUT2D eigenvalue weighted by Gasteiger charge is 2.47. The van der Waals surface area contributed by atoms with E-state index >= 15 is 0 Å². The van der Waals surface area contributed by atoms with E-state index < -0.39 is 102 Å². The van der Waals surface area contributed by atoms with Gasteiger partial charge in [-0.15, -0.1) is 0 Å². The van der Waals surface area contributed by atoms with E-state index in [9.17, 15) is 53.7 Å². The molecule has 9 N–H and O–H groups in total. The molecular formula is C25H35N7O17P2. The third-order valence-corrected chi connectivity index (χ3v) is 9.87. The number of hydrogen-bond acceptors (Lipinski definition) is 19. The number of anilines is 1. The van der Waals surface area contributed by atoms with Crippen LogP contribution in [0.2, 0.25) is 0 Å². The number of hydrogen-bond donors (Lipinski definition) is 8. The molecule has 51 heavy (non-hydrogen) atoms. The molecule has 26 heteroatoms. The summed E-state index contributed by atoms with van der Waals surface area (Å²) in [6.45, 7) is -1.23. The molecule has 3 aromatic heterocycles. The van der Waals surface area contributed by atoms with Crippen molar-refractivity contribution in [2.75, 3.05) is 25.6 Å². The standard InChI is InChI=1S/C25H35N7O17P2/c1-11-4-31(25(39)30-23(11)38)16-3-2-12(46-16)7-44-51(42,43)49-20(13(35)5-33)14(6-34)48-50(40,41)45-8-15-18(36)19(37)24(47-15)32-10-29-17-21(26)27-9-28-22(17)32/h4,6,9-10,12-16,18-20,24,33,35-37H,2-3,5,7-8H2,1H3,(H,40,41)(H,42,43)(H2,26,27,28)(H,30,38,39)/t12-,13+,14-,15+,16+,18+,19+,20+,24+/m0/s1. The monoisotopic (exact) mass is 767 g/mol. The quantitative estimate of drug-likeness (QED) is 0.0536. The van der Waals surface area contributed by atoms with Gasteiger partial charge in [0.2, 0.25) is 0 Å². The number of nitrogens with one attached hydrogen (secondary N) is 1. The van der Waals surface area contributed by atoms with Crippen LogP contribution in [-0.2, 0) is 41.5 Å². The predicted octanol–water partition coefficient (Wildman–Crippen LogP) is -2.88. The molecule has 5 rings (SSSR count). The Kier molecular flexibility index (Phi) is 12.0. The molecule has 2 fully saturated rings. The molecule has 5 heterocycles. The molecule has 11 atom stereocenters. The van der Waals surface area contributed by atoms with Crippen LogP contribution in [-0.4, -0.2) is 128 Å². The summed E-state index contributed by atoms with van der Waals surface area (Å²) in [7, 11) is -10.6. The maximum absolute atomic E-state index is 12.8. The Morgan fingerprint density at radius 2 is 1.76 bits per heavy atom. The zero-order valence-electron chi connectivity index (χ0n) is 26.4. The molecule has 282 valence electrons. The van der Waals surface area contributed by atoms with Crippen LogP contribution in [0.15, 0.2) is 28.4 Å². The number of carbonyl (C=O) groups is 1. The number of aromatic nitrogens is 6. The van der Waals surface area contributed by atoms with Crippen molar-refractivity contribution in [2.24, 2.45) is 0 Å². The number of aliphatic hydroxyl groups excluding tert-OH is 4. The highest BCUT2D eigenvalue weighted by Crippen LogP contribution is 2.50. The maximum atomic E-state index is 12.8. The highest BCUT2D eigenvalue weighted by molar-refractivity contribution is 7.47. The molecule has 0 saturated carbocycles. The lowest BCUT2D eigenvalue weighted by Gasteiger charge is -2.29. The number of phosphoric acid groups is 2. The first-order valence-corrected chi connectivity index (χ1v) is 18.0. The normalized spacial score (nSPS) is 27.9. The summed E-state index contributed by atoms with van der Waals surface area (Å²) in [5, 5.41) is 40.9. The largest absolute Gasteiger partial charge is 0.473 e. The Bertz CT molecular complexity index is 1920. The van der Waals surface area contributed by atoms with Crippen LogP contribution in [0.4, 0.5) is 5.82 Å². The fourth-order valence-corrected chi connectivity index (χ4v) is 7.15. The van der Waals surface area contributed by atoms with E-state index in [4.69, 9.17) is 33.3 Å². The summed E-state index contributed by atoms with van der Waals surface area (Å²) in [4.78, 5) is 70.4. The topological polar surface area (TPSA) is 352 Å². The number of phosphoric ester groups is 2. The van der Waals surface area contributed by atoms with Crippen molar-refractivity contribution in [2.45, 2.75) is 74.9 Å². The average molecular weight is 768 g/mol. The number of ether oxygens (including phenoxy) is 2. The summed E-state index contributed by atoms with van der Waals surface area (Å²) in [5.41, 5.74) is 5.00. The number of nitrogen functional groups attached to an aromatic ring is 1. The molecule has 3 aromatic rings. The summed E-state index contributed by atoms with van der Waals surface area (Å²) >= 11 is 0. The predicted molar refractivity (Wildman–Crippen MR) is 165 cm³/mol. The van der Waals surface area contributed by atoms with Gasteiger partial charge in [-0.2, -0.15) is 0 Å². The van der Waals surface area contributed by atoms with Gasteiger partial charge in [0.15, 0.2) is 30.1 Å². The van der Waals surface area contributed by atoms with E-state index in [1.54, 1.807) is 0 Å². The first kappa shape index (κ1) is 38.9. The fraction of sp³-hybridized carbons (Fsp3) is 0.600. The van der Waals surface area contributed by atoms with E-state index in [-0.39, 0.29) is 41.7 Å². The van der Waals surface area contributed by atoms with Crippen LogP contribution in [0.1, 0.15) is 30.9 Å². The minimum atomic E-state index is -5.35. The molecule has 2 unspecified atom stereocenters. The van der Waals surface area contributed by atoms with Gasteiger partial charge in [-0.05, 0) is 19.8 Å². The number of nitrogens with two attached hydrogens (primary N) is 1. The third-order valence-electron chi connectivity index (χ3n) is 7.90. The molecule has 0 radical (unpaired) electrons. The van der Waals surface area contributed by atoms with Crippen molar-refractivity contribution in [3.05, 3.63) is 45.3 Å². The molecule has 0 bridgehead atoms. The minimum absolute atomic E-state index is 0.0294. The Morgan fingerprint density at radius 3 is 2.47 bits per heavy atom. The molecule has 24 nitrogen and oxygen atoms in total. The molecule has 0 aromatic carbocycles. The number of aliphatic hydroxyl groups is 4. The van der Waals surface area contributed by atoms with Crippen molar-refractivity contribution >= 4 is 38.9 Å². The summed E-state index contributed by atoms with van der Waals surface area (Å²) < 4.78 is 58.7. The van der Waals surface area contributed by atoms with Gasteiger partial charge in [-0.25, -0.2) is 28.9 Å². The van der Waals surface area contributed by atoms with Gasteiger partial charge in [-0.3, -0.25) is 37.0 Å². The first-order valence-electron chi connectivity index (χ1n) is 15.0. The minimum Gasteiger partial charge on any atom is -0.394 e. The van der Waals surface area contributed by atoms with Crippen LogP contribution < -0.4 is 17.0 Å². The highest BCUT2D eigenvalue weighted by atomic mass is 31.2. The lowest BCUT2D eigenvalue weighted by atomic mass is 10.1. The van der Waals surface area contributed by atoms with Gasteiger partial charge in [0.25, 0.3) is 5.56 Å². The SMILES string of the molecule is Cc1cn([C@H]2CC[C@@H](COP(=O)(O)O[C@H]([C@H](O)CO)[C@H](C=O)OP(=O)(O)OC[C@H]3O[C@@H](n4cnc5c(N)ncnc54)[C@H](O)[C@@H]3O)O2)c(=O)[nH]c1=O. The van der Waals surface area contributed by atoms with Crippen molar-refractivity contribution in [3.8, 4) is 0 Å². The number of H-pyrrole nitrogens is 1. The second-order valence-electron chi connectivity index (χ2n) is 11.5. The average Bonchev–Trinajstić information content (AvgIpc) is 3.81. The Hall–Kier alpha value is -3.32. The van der Waals surface area contributed by atoms with Gasteiger partial charge in [-0.1, -0.05) is 0 Å². The molecule has 2 aliphatic rings. The van der Waals surface area contributed by atoms with Crippen molar-refractivity contribution in [3.63, 3.8) is 0 Å². The second-order valence-corrected chi connectivity index (χ2v) is 14.3. The van der Waals surface area contributed by atoms with E-state index in [0.29, 0.717) is 0 Å². The van der Waals surface area contributed by atoms with Gasteiger partial charge < -0.3 is 50.2 Å². The van der Waals surface area contributed by atoms with Crippen LogP contribution in [0, 0.1) is 6.92 Å². The van der Waals surface area contributed by atoms with Crippen LogP contribution in [0.25, 0.3) is 11.2 Å². The van der Waals surface area contributed by atoms with E-state index in [0.717, 1.165) is 10.9 Å². The molecule has 0 amide bonds. The fourth-order valence-electron chi connectivity index (χ4n) is 5.30. The second kappa shape index (κ2) is 15.7. The summed E-state index contributed by atoms with van der Waals surface area (Å²) in [6, 6.07) is 0. The number of carbonyl (C=O) groups excluding carboxylic acids is 1. The van der Waals surface area contributed by atoms with Crippen molar-refractivity contribution in [1.29, 1.82) is 0 Å². The van der Waals surface area contributed by atoms with E-state index in [2.05, 4.69) is 19.9 Å². The molecule has 0 aliphatic carbocycles. The zero-order chi connectivity index (χ0) is 37.2. The first-order chi connectivity index (χ1) is 24.0. The Balaban J connectivity index is 1.18. The van der Waals surface area contributed by atoms with Gasteiger partial charge in [0.05, 0.1) is 32.3 Å². The smallest absolute Gasteiger partial charge is 0.394 e. The van der Waals surface area contributed by atoms with Crippen molar-refractivity contribution < 1.29 is 71.7 Å². The number of imidazole rings is 1. The van der Waals surface area contributed by atoms with Gasteiger partial charge in [0.1, 0.15) is 48.6 Å². The van der Waals surface area contributed by atoms with E-state index in [1.807, 2.05) is 0 Å². The molecule has 0 spiro atoms. The zero-order valence-corrected chi connectivity index (χ0v) is 28.2. The number of aryl methyl sites for hydroxylation is 1. The van der Waals surface area contributed by atoms with Crippen LogP contribution in [0.5, 0.6) is 0 Å². The van der Waals surface area contributed by atoms with Gasteiger partial charge in [0, 0.05) is 11.8 Å². The molecular weight excluding hydrogens is 732 g/mol. The number of aromatic amines is 1. The number of nitrogens with zero attached hydrogens (tertiary/aromatic N) is 5. The molecule has 2 saturated heterocycles. The van der Waals surface area contributed by atoms with Crippen LogP contribution in [0.3, 0.4) is 0 Å². The number of fused-ring (bicyclic) bond motifs is 1. The number of aldehydes is 1. The summed E-state index contributed by atoms with van der Waals surface area (Å²) in [5.74, 6) is 0.0294. The number of rotatable bonds is 16. The third kappa shape index (κ3) is 8.84. The maximum Gasteiger partial charge on any atom is 0.473 e. The Morgan fingerprint density at radius 1 is 1.06 bits per heavy atom. The lowest BCUT2D eigenvalue weighted by Crippen LogP contribution is -2.43. The molecule has 2 aliphatic heterocycles. The summed E-state index contributed by atoms with van der Waals surface area (Å²) in [6.07, 6.45) is -10.6. The van der Waals surface area contributed by atoms with Crippen molar-refractivity contribution in [1.82, 2.24) is 29.1 Å². The Labute approximate surface area is 285 Å². The van der Waals surface area contributed by atoms with Gasteiger partial charge >= 0.3 is 21.3 Å². The van der Waals surface area contributed by atoms with E-state index in [1.165, 1.54) is 24.0 Å².